The Morgan fingerprint density at radius 3 is 2.83 bits per heavy atom. The highest BCUT2D eigenvalue weighted by molar-refractivity contribution is 7.14. The van der Waals surface area contributed by atoms with Crippen LogP contribution < -0.4 is 22.1 Å². The summed E-state index contributed by atoms with van der Waals surface area (Å²) in [5.41, 5.74) is 13.4. The van der Waals surface area contributed by atoms with Crippen molar-refractivity contribution in [3.63, 3.8) is 0 Å². The highest BCUT2D eigenvalue weighted by atomic mass is 32.1. The van der Waals surface area contributed by atoms with Gasteiger partial charge in [0.15, 0.2) is 17.3 Å². The maximum absolute atomic E-state index is 11.8. The van der Waals surface area contributed by atoms with Crippen molar-refractivity contribution in [1.29, 1.82) is 0 Å². The van der Waals surface area contributed by atoms with Crippen molar-refractivity contribution in [3.05, 3.63) is 35.1 Å². The summed E-state index contributed by atoms with van der Waals surface area (Å²) in [5, 5.41) is 17.0. The zero-order valence-corrected chi connectivity index (χ0v) is 17.3. The molecule has 4 rings (SSSR count). The van der Waals surface area contributed by atoms with Gasteiger partial charge in [-0.15, -0.1) is 21.5 Å². The molecule has 0 spiro atoms. The van der Waals surface area contributed by atoms with Gasteiger partial charge in [0.1, 0.15) is 0 Å². The molecule has 1 fully saturated rings. The molecular weight excluding hydrogens is 402 g/mol. The molecule has 6 N–H and O–H groups in total. The average molecular weight is 426 g/mol. The third-order valence-corrected chi connectivity index (χ3v) is 5.79. The van der Waals surface area contributed by atoms with Gasteiger partial charge in [-0.2, -0.15) is 4.98 Å². The molecule has 2 atom stereocenters. The molecule has 3 aromatic rings. The highest BCUT2D eigenvalue weighted by Crippen LogP contribution is 2.30. The fourth-order valence-electron chi connectivity index (χ4n) is 3.37. The van der Waals surface area contributed by atoms with Crippen LogP contribution in [0, 0.1) is 6.92 Å². The van der Waals surface area contributed by atoms with Crippen molar-refractivity contribution in [2.75, 3.05) is 10.6 Å². The van der Waals surface area contributed by atoms with Crippen LogP contribution >= 0.6 is 11.3 Å². The van der Waals surface area contributed by atoms with E-state index in [0.717, 1.165) is 41.9 Å². The third-order valence-electron chi connectivity index (χ3n) is 4.95. The van der Waals surface area contributed by atoms with E-state index in [1.165, 1.54) is 11.3 Å². The van der Waals surface area contributed by atoms with Gasteiger partial charge in [-0.05, 0) is 31.9 Å². The smallest absolute Gasteiger partial charge is 0.273 e. The van der Waals surface area contributed by atoms with Crippen molar-refractivity contribution in [3.8, 4) is 11.4 Å². The van der Waals surface area contributed by atoms with Gasteiger partial charge in [0.2, 0.25) is 5.95 Å². The summed E-state index contributed by atoms with van der Waals surface area (Å²) in [4.78, 5) is 25.0. The van der Waals surface area contributed by atoms with Crippen LogP contribution in [0.4, 0.5) is 16.8 Å². The van der Waals surface area contributed by atoms with Crippen LogP contribution in [0.3, 0.4) is 0 Å². The van der Waals surface area contributed by atoms with Crippen molar-refractivity contribution >= 4 is 34.0 Å². The van der Waals surface area contributed by atoms with Crippen LogP contribution in [0.2, 0.25) is 0 Å². The minimum Gasteiger partial charge on any atom is -0.364 e. The fourth-order valence-corrected chi connectivity index (χ4v) is 4.15. The number of carbonyl (C=O) groups excluding carboxylic acids is 1. The molecule has 1 saturated carbocycles. The van der Waals surface area contributed by atoms with Crippen LogP contribution in [-0.4, -0.2) is 43.1 Å². The van der Waals surface area contributed by atoms with E-state index < -0.39 is 5.91 Å². The summed E-state index contributed by atoms with van der Waals surface area (Å²) < 4.78 is 0. The topological polar surface area (TPSA) is 158 Å². The van der Waals surface area contributed by atoms with E-state index in [0.29, 0.717) is 11.8 Å². The van der Waals surface area contributed by atoms with Crippen molar-refractivity contribution in [2.24, 2.45) is 11.5 Å². The Hall–Kier alpha value is -3.18. The molecule has 0 aliphatic heterocycles. The molecule has 3 aromatic heterocycles. The first-order valence-corrected chi connectivity index (χ1v) is 10.6. The lowest BCUT2D eigenvalue weighted by Gasteiger charge is -2.29. The van der Waals surface area contributed by atoms with Crippen LogP contribution in [0.1, 0.15) is 41.9 Å². The van der Waals surface area contributed by atoms with Gasteiger partial charge >= 0.3 is 0 Å². The lowest BCUT2D eigenvalue weighted by atomic mass is 9.91. The van der Waals surface area contributed by atoms with E-state index in [1.54, 1.807) is 6.20 Å². The van der Waals surface area contributed by atoms with Gasteiger partial charge in [0, 0.05) is 34.9 Å². The molecule has 1 aliphatic rings. The number of hydrogen-bond donors (Lipinski definition) is 4. The number of aryl methyl sites for hydroxylation is 1. The normalized spacial score (nSPS) is 18.7. The minimum absolute atomic E-state index is 0.0313. The molecule has 0 bridgehead atoms. The second-order valence-electron chi connectivity index (χ2n) is 7.24. The quantitative estimate of drug-likeness (QED) is 0.464. The molecular formula is C19H23N9OS. The van der Waals surface area contributed by atoms with E-state index in [-0.39, 0.29) is 23.6 Å². The lowest BCUT2D eigenvalue weighted by molar-refractivity contribution is 0.0995. The number of amides is 1. The Kier molecular flexibility index (Phi) is 5.81. The monoisotopic (exact) mass is 425 g/mol. The van der Waals surface area contributed by atoms with Gasteiger partial charge < -0.3 is 22.1 Å². The van der Waals surface area contributed by atoms with Crippen LogP contribution in [0.15, 0.2) is 23.7 Å². The Morgan fingerprint density at radius 2 is 2.07 bits per heavy atom. The molecule has 3 heterocycles. The second kappa shape index (κ2) is 8.67. The zero-order valence-electron chi connectivity index (χ0n) is 16.5. The number of nitrogens with one attached hydrogen (secondary N) is 2. The Morgan fingerprint density at radius 1 is 1.23 bits per heavy atom. The van der Waals surface area contributed by atoms with Crippen molar-refractivity contribution in [1.82, 2.24) is 25.1 Å². The predicted molar refractivity (Wildman–Crippen MR) is 116 cm³/mol. The first-order chi connectivity index (χ1) is 14.5. The zero-order chi connectivity index (χ0) is 21.1. The maximum Gasteiger partial charge on any atom is 0.273 e. The average Bonchev–Trinajstić information content (AvgIpc) is 3.18. The predicted octanol–water partition coefficient (Wildman–Crippen LogP) is 2.22. The van der Waals surface area contributed by atoms with Gasteiger partial charge in [-0.3, -0.25) is 4.79 Å². The highest BCUT2D eigenvalue weighted by Gasteiger charge is 2.23. The first-order valence-electron chi connectivity index (χ1n) is 9.72. The Labute approximate surface area is 177 Å². The molecule has 0 saturated heterocycles. The largest absolute Gasteiger partial charge is 0.364 e. The molecule has 30 heavy (non-hydrogen) atoms. The molecule has 10 nitrogen and oxygen atoms in total. The summed E-state index contributed by atoms with van der Waals surface area (Å²) in [7, 11) is 0. The SMILES string of the molecule is Cc1ccnc(-c2csc(Nc3nc(N[C@@H]4CCCC[C@@H]4N)nnc3C(N)=O)c2)n1. The molecule has 0 unspecified atom stereocenters. The van der Waals surface area contributed by atoms with E-state index in [9.17, 15) is 4.79 Å². The van der Waals surface area contributed by atoms with Gasteiger partial charge in [-0.25, -0.2) is 9.97 Å². The molecule has 156 valence electrons. The molecule has 1 amide bonds. The maximum atomic E-state index is 11.8. The molecule has 11 heteroatoms. The number of carbonyl (C=O) groups is 1. The number of hydrogen-bond acceptors (Lipinski definition) is 10. The number of primary amides is 1. The van der Waals surface area contributed by atoms with E-state index in [4.69, 9.17) is 11.5 Å². The number of nitrogens with two attached hydrogens (primary N) is 2. The third kappa shape index (κ3) is 4.52. The number of rotatable bonds is 6. The van der Waals surface area contributed by atoms with E-state index in [1.807, 2.05) is 24.4 Å². The Balaban J connectivity index is 1.57. The van der Waals surface area contributed by atoms with Gasteiger partial charge in [-0.1, -0.05) is 12.8 Å². The number of anilines is 3. The first kappa shape index (κ1) is 20.1. The summed E-state index contributed by atoms with van der Waals surface area (Å²) in [6.45, 7) is 1.91. The second-order valence-corrected chi connectivity index (χ2v) is 8.15. The minimum atomic E-state index is -0.711. The van der Waals surface area contributed by atoms with Crippen LogP contribution in [0.5, 0.6) is 0 Å². The van der Waals surface area contributed by atoms with Crippen molar-refractivity contribution in [2.45, 2.75) is 44.7 Å². The van der Waals surface area contributed by atoms with Crippen LogP contribution in [0.25, 0.3) is 11.4 Å². The standard InChI is InChI=1S/C19H23N9OS/c1-10-6-7-22-17(23-10)11-8-14(30-9-11)25-18-15(16(21)29)27-28-19(26-18)24-13-5-3-2-4-12(13)20/h6-9,12-13H,2-5,20H2,1H3,(H2,21,29)(H2,24,25,26,28)/t12-,13+/m0/s1. The number of nitrogens with zero attached hydrogens (tertiary/aromatic N) is 5. The van der Waals surface area contributed by atoms with Gasteiger partial charge in [0.05, 0.1) is 5.00 Å². The summed E-state index contributed by atoms with van der Waals surface area (Å²) in [6, 6.07) is 3.83. The fraction of sp³-hybridized carbons (Fsp3) is 0.368. The van der Waals surface area contributed by atoms with Crippen LogP contribution in [-0.2, 0) is 0 Å². The summed E-state index contributed by atoms with van der Waals surface area (Å²) >= 11 is 1.44. The molecule has 1 aliphatic carbocycles. The lowest BCUT2D eigenvalue weighted by Crippen LogP contribution is -2.43. The van der Waals surface area contributed by atoms with E-state index >= 15 is 0 Å². The van der Waals surface area contributed by atoms with E-state index in [2.05, 4.69) is 35.8 Å². The molecule has 0 aromatic carbocycles. The number of thiophene rings is 1. The van der Waals surface area contributed by atoms with Crippen molar-refractivity contribution < 1.29 is 4.79 Å². The van der Waals surface area contributed by atoms with Gasteiger partial charge in [0.25, 0.3) is 5.91 Å². The Bertz CT molecular complexity index is 1050. The summed E-state index contributed by atoms with van der Waals surface area (Å²) in [6.07, 6.45) is 5.83. The number of aromatic nitrogens is 5. The summed E-state index contributed by atoms with van der Waals surface area (Å²) in [5.74, 6) is 0.465. The molecule has 0 radical (unpaired) electrons.